The minimum Gasteiger partial charge on any atom is -0.545 e. The van der Waals surface area contributed by atoms with Gasteiger partial charge in [-0.05, 0) is 6.42 Å². The van der Waals surface area contributed by atoms with E-state index in [0.29, 0.717) is 13.0 Å². The van der Waals surface area contributed by atoms with Gasteiger partial charge in [-0.1, -0.05) is 13.3 Å². The van der Waals surface area contributed by atoms with Crippen molar-refractivity contribution < 1.29 is 19.7 Å². The number of benzene rings is 1. The van der Waals surface area contributed by atoms with Crippen molar-refractivity contribution in [3.05, 3.63) is 37.9 Å². The van der Waals surface area contributed by atoms with Gasteiger partial charge < -0.3 is 15.2 Å². The quantitative estimate of drug-likeness (QED) is 0.448. The monoisotopic (exact) mass is 282 g/mol. The second-order valence-electron chi connectivity index (χ2n) is 3.97. The van der Waals surface area contributed by atoms with Crippen molar-refractivity contribution >= 4 is 23.0 Å². The summed E-state index contributed by atoms with van der Waals surface area (Å²) in [6.07, 6.45) is 1.46. The van der Waals surface area contributed by atoms with E-state index in [1.165, 1.54) is 0 Å². The van der Waals surface area contributed by atoms with Crippen LogP contribution >= 0.6 is 0 Å². The maximum absolute atomic E-state index is 10.9. The molecule has 0 heterocycles. The Balaban J connectivity index is 3.39. The number of hydrogen-bond acceptors (Lipinski definition) is 7. The molecule has 1 rings (SSSR count). The molecule has 0 atom stereocenters. The summed E-state index contributed by atoms with van der Waals surface area (Å²) >= 11 is 0. The molecule has 0 aromatic heterocycles. The first-order valence-electron chi connectivity index (χ1n) is 5.80. The molecule has 9 nitrogen and oxygen atoms in total. The van der Waals surface area contributed by atoms with Crippen LogP contribution in [-0.4, -0.2) is 22.4 Å². The maximum Gasteiger partial charge on any atom is 0.300 e. The lowest BCUT2D eigenvalue weighted by molar-refractivity contribution is -0.392. The summed E-state index contributed by atoms with van der Waals surface area (Å²) in [6.45, 7) is 2.20. The summed E-state index contributed by atoms with van der Waals surface area (Å²) < 4.78 is 0. The number of unbranched alkanes of at least 4 members (excludes halogenated alkanes) is 1. The summed E-state index contributed by atoms with van der Waals surface area (Å²) in [4.78, 5) is 30.9. The number of anilines is 1. The van der Waals surface area contributed by atoms with Crippen LogP contribution in [0.2, 0.25) is 0 Å². The molecular weight excluding hydrogens is 270 g/mol. The third-order valence-corrected chi connectivity index (χ3v) is 2.56. The normalized spacial score (nSPS) is 10.1. The summed E-state index contributed by atoms with van der Waals surface area (Å²) in [5, 5.41) is 35.2. The molecule has 0 saturated carbocycles. The van der Waals surface area contributed by atoms with Crippen LogP contribution in [0.3, 0.4) is 0 Å². The number of carbonyl (C=O) groups excluding carboxylic acids is 1. The van der Waals surface area contributed by atoms with Crippen molar-refractivity contribution in [2.45, 2.75) is 19.8 Å². The zero-order valence-corrected chi connectivity index (χ0v) is 10.6. The van der Waals surface area contributed by atoms with Crippen LogP contribution in [0.25, 0.3) is 0 Å². The second kappa shape index (κ2) is 6.45. The van der Waals surface area contributed by atoms with E-state index in [1.807, 2.05) is 6.92 Å². The summed E-state index contributed by atoms with van der Waals surface area (Å²) in [7, 11) is 0. The average Bonchev–Trinajstić information content (AvgIpc) is 2.37. The van der Waals surface area contributed by atoms with E-state index in [0.717, 1.165) is 18.6 Å². The lowest BCUT2D eigenvalue weighted by Crippen LogP contribution is -2.22. The van der Waals surface area contributed by atoms with Crippen molar-refractivity contribution in [2.24, 2.45) is 0 Å². The molecule has 1 aromatic carbocycles. The van der Waals surface area contributed by atoms with Gasteiger partial charge in [-0.25, -0.2) is 0 Å². The van der Waals surface area contributed by atoms with Crippen LogP contribution < -0.4 is 10.4 Å². The zero-order chi connectivity index (χ0) is 15.3. The summed E-state index contributed by atoms with van der Waals surface area (Å²) in [5.41, 5.74) is -2.22. The standard InChI is InChI=1S/C11H13N3O6/c1-2-3-4-12-10-8(13(17)18)5-7(11(15)16)6-9(10)14(19)20/h5-6,12H,2-4H2,1H3,(H,15,16)/p-1. The van der Waals surface area contributed by atoms with E-state index >= 15 is 0 Å². The summed E-state index contributed by atoms with van der Waals surface area (Å²) in [5.74, 6) is -1.71. The van der Waals surface area contributed by atoms with Crippen LogP contribution in [0, 0.1) is 20.2 Å². The molecule has 0 aliphatic heterocycles. The fourth-order valence-electron chi connectivity index (χ4n) is 1.59. The molecule has 0 unspecified atom stereocenters. The highest BCUT2D eigenvalue weighted by Crippen LogP contribution is 2.35. The van der Waals surface area contributed by atoms with Gasteiger partial charge >= 0.3 is 0 Å². The number of nitrogens with one attached hydrogen (secondary N) is 1. The number of nitro groups is 2. The van der Waals surface area contributed by atoms with E-state index in [4.69, 9.17) is 0 Å². The van der Waals surface area contributed by atoms with Crippen LogP contribution in [0.4, 0.5) is 17.1 Å². The van der Waals surface area contributed by atoms with Gasteiger partial charge in [0, 0.05) is 24.2 Å². The molecule has 0 bridgehead atoms. The first-order valence-corrected chi connectivity index (χ1v) is 5.80. The van der Waals surface area contributed by atoms with Gasteiger partial charge in [-0.15, -0.1) is 0 Å². The minimum absolute atomic E-state index is 0.293. The van der Waals surface area contributed by atoms with Gasteiger partial charge in [-0.2, -0.15) is 0 Å². The Morgan fingerprint density at radius 2 is 1.70 bits per heavy atom. The third kappa shape index (κ3) is 3.40. The molecular formula is C11H12N3O6-. The third-order valence-electron chi connectivity index (χ3n) is 2.56. The lowest BCUT2D eigenvalue weighted by Gasteiger charge is -2.09. The number of aromatic carboxylic acids is 1. The van der Waals surface area contributed by atoms with Gasteiger partial charge in [0.15, 0.2) is 5.69 Å². The Bertz CT molecular complexity index is 522. The number of carboxylic acid groups (broad SMARTS) is 1. The number of nitrogens with zero attached hydrogens (tertiary/aromatic N) is 2. The fourth-order valence-corrected chi connectivity index (χ4v) is 1.59. The van der Waals surface area contributed by atoms with Crippen molar-refractivity contribution in [1.29, 1.82) is 0 Å². The molecule has 1 N–H and O–H groups in total. The smallest absolute Gasteiger partial charge is 0.300 e. The molecule has 0 spiro atoms. The molecule has 1 aromatic rings. The lowest BCUT2D eigenvalue weighted by atomic mass is 10.1. The van der Waals surface area contributed by atoms with Crippen molar-refractivity contribution in [1.82, 2.24) is 0 Å². The van der Waals surface area contributed by atoms with E-state index in [-0.39, 0.29) is 5.69 Å². The number of carboxylic acids is 1. The summed E-state index contributed by atoms with van der Waals surface area (Å²) in [6, 6.07) is 1.49. The largest absolute Gasteiger partial charge is 0.545 e. The van der Waals surface area contributed by atoms with Crippen LogP contribution in [0.15, 0.2) is 12.1 Å². The Kier molecular flexibility index (Phi) is 4.95. The topological polar surface area (TPSA) is 138 Å². The minimum atomic E-state index is -1.71. The Hall–Kier alpha value is -2.71. The highest BCUT2D eigenvalue weighted by molar-refractivity contribution is 5.91. The molecule has 9 heteroatoms. The first kappa shape index (κ1) is 15.3. The zero-order valence-electron chi connectivity index (χ0n) is 10.6. The van der Waals surface area contributed by atoms with Gasteiger partial charge in [0.25, 0.3) is 11.4 Å². The SMILES string of the molecule is CCCCNc1c([N+](=O)[O-])cc(C(=O)[O-])cc1[N+](=O)[O-]. The average molecular weight is 282 g/mol. The molecule has 108 valence electrons. The van der Waals surface area contributed by atoms with Gasteiger partial charge in [-0.3, -0.25) is 20.2 Å². The molecule has 0 amide bonds. The number of rotatable bonds is 7. The van der Waals surface area contributed by atoms with E-state index in [9.17, 15) is 30.1 Å². The second-order valence-corrected chi connectivity index (χ2v) is 3.97. The molecule has 20 heavy (non-hydrogen) atoms. The Morgan fingerprint density at radius 1 is 1.20 bits per heavy atom. The number of nitro benzene ring substituents is 2. The molecule has 0 fully saturated rings. The highest BCUT2D eigenvalue weighted by atomic mass is 16.6. The first-order chi connectivity index (χ1) is 9.38. The number of carbonyl (C=O) groups is 1. The van der Waals surface area contributed by atoms with E-state index in [1.54, 1.807) is 0 Å². The van der Waals surface area contributed by atoms with Gasteiger partial charge in [0.1, 0.15) is 0 Å². The molecule has 0 radical (unpaired) electrons. The maximum atomic E-state index is 10.9. The van der Waals surface area contributed by atoms with Gasteiger partial charge in [0.05, 0.1) is 15.8 Å². The van der Waals surface area contributed by atoms with Crippen molar-refractivity contribution in [2.75, 3.05) is 11.9 Å². The Morgan fingerprint density at radius 3 is 2.05 bits per heavy atom. The van der Waals surface area contributed by atoms with Crippen molar-refractivity contribution in [3.63, 3.8) is 0 Å². The molecule has 0 aliphatic carbocycles. The molecule has 0 saturated heterocycles. The van der Waals surface area contributed by atoms with Crippen LogP contribution in [0.1, 0.15) is 30.1 Å². The highest BCUT2D eigenvalue weighted by Gasteiger charge is 2.26. The van der Waals surface area contributed by atoms with Crippen molar-refractivity contribution in [3.8, 4) is 0 Å². The fraction of sp³-hybridized carbons (Fsp3) is 0.364. The Labute approximate surface area is 113 Å². The van der Waals surface area contributed by atoms with Gasteiger partial charge in [0.2, 0.25) is 0 Å². The van der Waals surface area contributed by atoms with Crippen LogP contribution in [-0.2, 0) is 0 Å². The number of hydrogen-bond donors (Lipinski definition) is 1. The molecule has 0 aliphatic rings. The van der Waals surface area contributed by atoms with Crippen LogP contribution in [0.5, 0.6) is 0 Å². The predicted molar refractivity (Wildman–Crippen MR) is 67.5 cm³/mol. The van der Waals surface area contributed by atoms with E-state index in [2.05, 4.69) is 5.32 Å². The van der Waals surface area contributed by atoms with E-state index < -0.39 is 32.8 Å². The predicted octanol–water partition coefficient (Wildman–Crippen LogP) is 1.08.